The van der Waals surface area contributed by atoms with Gasteiger partial charge in [-0.1, -0.05) is 25.1 Å². The summed E-state index contributed by atoms with van der Waals surface area (Å²) in [5.74, 6) is -0.0191. The van der Waals surface area contributed by atoms with Gasteiger partial charge in [-0.2, -0.15) is 4.31 Å². The number of carbonyl (C=O) groups is 1. The number of aryl methyl sites for hydroxylation is 1. The second-order valence-electron chi connectivity index (χ2n) is 5.67. The number of piperazine rings is 1. The van der Waals surface area contributed by atoms with Crippen LogP contribution in [-0.4, -0.2) is 49.7 Å². The fourth-order valence-corrected chi connectivity index (χ4v) is 4.85. The fraction of sp³-hybridized carbons (Fsp3) is 0.353. The maximum atomic E-state index is 12.7. The van der Waals surface area contributed by atoms with Gasteiger partial charge in [0.2, 0.25) is 10.0 Å². The van der Waals surface area contributed by atoms with Gasteiger partial charge >= 0.3 is 0 Å². The van der Waals surface area contributed by atoms with Crippen LogP contribution in [0.3, 0.4) is 0 Å². The molecule has 2 aromatic rings. The van der Waals surface area contributed by atoms with Gasteiger partial charge in [-0.25, -0.2) is 8.42 Å². The van der Waals surface area contributed by atoms with E-state index in [2.05, 4.69) is 0 Å². The van der Waals surface area contributed by atoms with Crippen molar-refractivity contribution in [2.24, 2.45) is 0 Å². The number of benzene rings is 1. The van der Waals surface area contributed by atoms with Crippen LogP contribution in [0.15, 0.2) is 46.7 Å². The topological polar surface area (TPSA) is 57.7 Å². The largest absolute Gasteiger partial charge is 0.335 e. The summed E-state index contributed by atoms with van der Waals surface area (Å²) in [5.41, 5.74) is 1.11. The van der Waals surface area contributed by atoms with Crippen molar-refractivity contribution in [1.82, 2.24) is 9.21 Å². The van der Waals surface area contributed by atoms with Crippen LogP contribution in [0, 0.1) is 0 Å². The lowest BCUT2D eigenvalue weighted by molar-refractivity contribution is 0.0703. The highest BCUT2D eigenvalue weighted by Crippen LogP contribution is 2.20. The highest BCUT2D eigenvalue weighted by atomic mass is 32.2. The molecule has 1 aromatic carbocycles. The van der Waals surface area contributed by atoms with Crippen molar-refractivity contribution in [3.8, 4) is 0 Å². The number of amides is 1. The number of hydrogen-bond donors (Lipinski definition) is 0. The fourth-order valence-electron chi connectivity index (χ4n) is 2.73. The zero-order chi connectivity index (χ0) is 17.2. The second kappa shape index (κ2) is 7.04. The summed E-state index contributed by atoms with van der Waals surface area (Å²) >= 11 is 1.41. The molecule has 1 saturated heterocycles. The van der Waals surface area contributed by atoms with Crippen molar-refractivity contribution in [2.75, 3.05) is 26.2 Å². The molecule has 0 aliphatic carbocycles. The third-order valence-corrected chi connectivity index (χ3v) is 7.00. The normalized spacial score (nSPS) is 16.3. The number of nitrogens with zero attached hydrogens (tertiary/aromatic N) is 2. The Morgan fingerprint density at radius 2 is 1.75 bits per heavy atom. The van der Waals surface area contributed by atoms with Gasteiger partial charge in [0, 0.05) is 26.2 Å². The predicted molar refractivity (Wildman–Crippen MR) is 94.8 cm³/mol. The molecule has 0 saturated carbocycles. The van der Waals surface area contributed by atoms with Gasteiger partial charge in [0.1, 0.15) is 0 Å². The maximum Gasteiger partial charge on any atom is 0.264 e. The Balaban J connectivity index is 1.68. The highest BCUT2D eigenvalue weighted by molar-refractivity contribution is 7.89. The van der Waals surface area contributed by atoms with Crippen molar-refractivity contribution >= 4 is 27.3 Å². The number of carbonyl (C=O) groups excluding carboxylic acids is 1. The summed E-state index contributed by atoms with van der Waals surface area (Å²) in [4.78, 5) is 15.1. The molecular formula is C17H20N2O3S2. The summed E-state index contributed by atoms with van der Waals surface area (Å²) < 4.78 is 26.9. The Bertz CT molecular complexity index is 791. The zero-order valence-corrected chi connectivity index (χ0v) is 15.1. The maximum absolute atomic E-state index is 12.7. The lowest BCUT2D eigenvalue weighted by atomic mass is 10.2. The Hall–Kier alpha value is -1.70. The Labute approximate surface area is 146 Å². The SMILES string of the molecule is CCc1ccc(S(=O)(=O)N2CCN(C(=O)c3cccs3)CC2)cc1. The van der Waals surface area contributed by atoms with Crippen molar-refractivity contribution in [1.29, 1.82) is 0 Å². The van der Waals surface area contributed by atoms with Gasteiger partial charge in [0.15, 0.2) is 0 Å². The van der Waals surface area contributed by atoms with E-state index in [0.717, 1.165) is 12.0 Å². The van der Waals surface area contributed by atoms with E-state index in [1.165, 1.54) is 15.6 Å². The Kier molecular flexibility index (Phi) is 5.03. The zero-order valence-electron chi connectivity index (χ0n) is 13.5. The number of hydrogen-bond acceptors (Lipinski definition) is 4. The molecule has 1 aliphatic rings. The minimum Gasteiger partial charge on any atom is -0.335 e. The summed E-state index contributed by atoms with van der Waals surface area (Å²) in [6.45, 7) is 3.53. The van der Waals surface area contributed by atoms with Gasteiger partial charge in [0.25, 0.3) is 5.91 Å². The van der Waals surface area contributed by atoms with Gasteiger partial charge in [-0.15, -0.1) is 11.3 Å². The smallest absolute Gasteiger partial charge is 0.264 e. The van der Waals surface area contributed by atoms with Gasteiger partial charge in [-0.3, -0.25) is 4.79 Å². The molecule has 0 bridgehead atoms. The average Bonchev–Trinajstić information content (AvgIpc) is 3.16. The van der Waals surface area contributed by atoms with E-state index in [1.54, 1.807) is 23.1 Å². The van der Waals surface area contributed by atoms with E-state index in [0.29, 0.717) is 36.0 Å². The second-order valence-corrected chi connectivity index (χ2v) is 8.56. The molecule has 24 heavy (non-hydrogen) atoms. The molecule has 1 amide bonds. The first kappa shape index (κ1) is 17.1. The van der Waals surface area contributed by atoms with Crippen LogP contribution in [0.1, 0.15) is 22.2 Å². The third kappa shape index (κ3) is 3.38. The molecule has 1 fully saturated rings. The molecular weight excluding hydrogens is 344 g/mol. The van der Waals surface area contributed by atoms with E-state index < -0.39 is 10.0 Å². The molecule has 5 nitrogen and oxygen atoms in total. The number of thiophene rings is 1. The molecule has 0 atom stereocenters. The minimum atomic E-state index is -3.49. The van der Waals surface area contributed by atoms with E-state index >= 15 is 0 Å². The average molecular weight is 364 g/mol. The molecule has 7 heteroatoms. The number of rotatable bonds is 4. The van der Waals surface area contributed by atoms with Crippen molar-refractivity contribution in [3.63, 3.8) is 0 Å². The molecule has 1 aliphatic heterocycles. The first-order valence-corrected chi connectivity index (χ1v) is 10.3. The lowest BCUT2D eigenvalue weighted by Crippen LogP contribution is -2.50. The van der Waals surface area contributed by atoms with E-state index in [4.69, 9.17) is 0 Å². The molecule has 0 spiro atoms. The lowest BCUT2D eigenvalue weighted by Gasteiger charge is -2.33. The first-order chi connectivity index (χ1) is 11.5. The molecule has 128 valence electrons. The van der Waals surface area contributed by atoms with Gasteiger partial charge in [-0.05, 0) is 35.6 Å². The van der Waals surface area contributed by atoms with E-state index in [9.17, 15) is 13.2 Å². The van der Waals surface area contributed by atoms with Crippen LogP contribution in [0.2, 0.25) is 0 Å². The third-order valence-electron chi connectivity index (χ3n) is 4.23. The molecule has 0 radical (unpaired) electrons. The quantitative estimate of drug-likeness (QED) is 0.837. The van der Waals surface area contributed by atoms with Crippen molar-refractivity contribution < 1.29 is 13.2 Å². The van der Waals surface area contributed by atoms with Crippen LogP contribution in [-0.2, 0) is 16.4 Å². The van der Waals surface area contributed by atoms with Crippen LogP contribution in [0.4, 0.5) is 0 Å². The van der Waals surface area contributed by atoms with Crippen molar-refractivity contribution in [3.05, 3.63) is 52.2 Å². The Morgan fingerprint density at radius 1 is 1.08 bits per heavy atom. The monoisotopic (exact) mass is 364 g/mol. The van der Waals surface area contributed by atoms with Crippen molar-refractivity contribution in [2.45, 2.75) is 18.2 Å². The summed E-state index contributed by atoms with van der Waals surface area (Å²) in [6, 6.07) is 10.7. The van der Waals surface area contributed by atoms with Gasteiger partial charge in [0.05, 0.1) is 9.77 Å². The molecule has 1 aromatic heterocycles. The summed E-state index contributed by atoms with van der Waals surface area (Å²) in [6.07, 6.45) is 0.879. The first-order valence-electron chi connectivity index (χ1n) is 7.94. The Morgan fingerprint density at radius 3 is 2.29 bits per heavy atom. The van der Waals surface area contributed by atoms with Crippen LogP contribution in [0.25, 0.3) is 0 Å². The van der Waals surface area contributed by atoms with Crippen LogP contribution in [0.5, 0.6) is 0 Å². The number of sulfonamides is 1. The molecule has 3 rings (SSSR count). The molecule has 0 N–H and O–H groups in total. The standard InChI is InChI=1S/C17H20N2O3S2/c1-2-14-5-7-15(8-6-14)24(21,22)19-11-9-18(10-12-19)17(20)16-4-3-13-23-16/h3-8,13H,2,9-12H2,1H3. The summed E-state index contributed by atoms with van der Waals surface area (Å²) in [5, 5.41) is 1.87. The van der Waals surface area contributed by atoms with E-state index in [-0.39, 0.29) is 5.91 Å². The summed E-state index contributed by atoms with van der Waals surface area (Å²) in [7, 11) is -3.49. The highest BCUT2D eigenvalue weighted by Gasteiger charge is 2.30. The molecule has 2 heterocycles. The van der Waals surface area contributed by atoms with E-state index in [1.807, 2.05) is 30.5 Å². The minimum absolute atomic E-state index is 0.0191. The predicted octanol–water partition coefficient (Wildman–Crippen LogP) is 2.46. The van der Waals surface area contributed by atoms with Crippen LogP contribution < -0.4 is 0 Å². The van der Waals surface area contributed by atoms with Crippen LogP contribution >= 0.6 is 11.3 Å². The molecule has 0 unspecified atom stereocenters. The van der Waals surface area contributed by atoms with Gasteiger partial charge < -0.3 is 4.90 Å².